The van der Waals surface area contributed by atoms with Crippen LogP contribution in [0.2, 0.25) is 5.02 Å². The van der Waals surface area contributed by atoms with Gasteiger partial charge in [-0.15, -0.1) is 0 Å². The van der Waals surface area contributed by atoms with Crippen LogP contribution in [0.1, 0.15) is 12.5 Å². The monoisotopic (exact) mass is 228 g/mol. The Balaban J connectivity index is 2.20. The Labute approximate surface area is 93.6 Å². The fourth-order valence-electron chi connectivity index (χ4n) is 1.63. The minimum Gasteiger partial charge on any atom is -0.394 e. The maximum atomic E-state index is 8.96. The first-order valence-electron chi connectivity index (χ1n) is 4.83. The van der Waals surface area contributed by atoms with Crippen LogP contribution in [0.3, 0.4) is 0 Å². The van der Waals surface area contributed by atoms with E-state index >= 15 is 0 Å². The molecule has 1 fully saturated rings. The van der Waals surface area contributed by atoms with Gasteiger partial charge in [-0.2, -0.15) is 0 Å². The average Bonchev–Trinajstić information content (AvgIpc) is 2.62. The van der Waals surface area contributed by atoms with Gasteiger partial charge in [-0.25, -0.2) is 0 Å². The number of benzene rings is 1. The van der Waals surface area contributed by atoms with E-state index in [1.165, 1.54) is 0 Å². The lowest BCUT2D eigenvalue weighted by Gasteiger charge is -2.23. The summed E-state index contributed by atoms with van der Waals surface area (Å²) in [4.78, 5) is 0. The molecule has 82 valence electrons. The molecule has 0 bridgehead atoms. The van der Waals surface area contributed by atoms with E-state index in [0.29, 0.717) is 11.6 Å². The average molecular weight is 229 g/mol. The fraction of sp³-hybridized carbons (Fsp3) is 0.455. The summed E-state index contributed by atoms with van der Waals surface area (Å²) in [5, 5.41) is 9.64. The molecule has 1 saturated heterocycles. The Morgan fingerprint density at radius 3 is 2.67 bits per heavy atom. The van der Waals surface area contributed by atoms with Crippen LogP contribution in [-0.2, 0) is 15.3 Å². The third kappa shape index (κ3) is 2.16. The second-order valence-electron chi connectivity index (χ2n) is 3.69. The highest BCUT2D eigenvalue weighted by Gasteiger charge is 2.38. The molecule has 0 radical (unpaired) electrons. The molecule has 2 rings (SSSR count). The normalized spacial score (nSPS) is 30.7. The zero-order chi connectivity index (χ0) is 10.9. The first-order valence-corrected chi connectivity index (χ1v) is 5.20. The fourth-order valence-corrected chi connectivity index (χ4v) is 1.76. The summed E-state index contributed by atoms with van der Waals surface area (Å²) in [6, 6.07) is 7.31. The number of hydrogen-bond donors (Lipinski definition) is 1. The molecule has 4 heteroatoms. The molecular weight excluding hydrogens is 216 g/mol. The van der Waals surface area contributed by atoms with Crippen molar-refractivity contribution in [1.82, 2.24) is 0 Å². The first kappa shape index (κ1) is 10.9. The largest absolute Gasteiger partial charge is 0.394 e. The Hall–Kier alpha value is -0.610. The van der Waals surface area contributed by atoms with Crippen molar-refractivity contribution in [2.24, 2.45) is 0 Å². The number of aliphatic hydroxyl groups is 1. The van der Waals surface area contributed by atoms with Gasteiger partial charge in [-0.05, 0) is 19.1 Å². The number of ether oxygens (including phenoxy) is 2. The van der Waals surface area contributed by atoms with Crippen LogP contribution in [0.4, 0.5) is 0 Å². The zero-order valence-electron chi connectivity index (χ0n) is 8.44. The van der Waals surface area contributed by atoms with E-state index in [2.05, 4.69) is 0 Å². The van der Waals surface area contributed by atoms with Gasteiger partial charge in [-0.3, -0.25) is 0 Å². The molecule has 2 atom stereocenters. The van der Waals surface area contributed by atoms with E-state index in [1.54, 1.807) is 12.1 Å². The highest BCUT2D eigenvalue weighted by molar-refractivity contribution is 6.30. The minimum absolute atomic E-state index is 0.0246. The van der Waals surface area contributed by atoms with Crippen LogP contribution >= 0.6 is 11.6 Å². The van der Waals surface area contributed by atoms with Gasteiger partial charge in [0, 0.05) is 10.6 Å². The maximum Gasteiger partial charge on any atom is 0.192 e. The van der Waals surface area contributed by atoms with E-state index in [0.717, 1.165) is 5.56 Å². The van der Waals surface area contributed by atoms with E-state index in [-0.39, 0.29) is 12.7 Å². The van der Waals surface area contributed by atoms with Crippen LogP contribution in [0, 0.1) is 0 Å². The van der Waals surface area contributed by atoms with E-state index < -0.39 is 5.79 Å². The topological polar surface area (TPSA) is 38.7 Å². The number of halogens is 1. The summed E-state index contributed by atoms with van der Waals surface area (Å²) in [6.07, 6.45) is -0.245. The molecule has 1 aromatic carbocycles. The molecule has 0 amide bonds. The van der Waals surface area contributed by atoms with Crippen LogP contribution < -0.4 is 0 Å². The summed E-state index contributed by atoms with van der Waals surface area (Å²) in [5.41, 5.74) is 0.905. The molecule has 1 aromatic rings. The highest BCUT2D eigenvalue weighted by Crippen LogP contribution is 2.33. The number of aliphatic hydroxyl groups excluding tert-OH is 1. The Bertz CT molecular complexity index is 338. The van der Waals surface area contributed by atoms with Crippen LogP contribution in [0.15, 0.2) is 24.3 Å². The van der Waals surface area contributed by atoms with Gasteiger partial charge in [-0.1, -0.05) is 23.7 Å². The molecular formula is C11H13ClO3. The number of rotatable bonds is 2. The van der Waals surface area contributed by atoms with E-state index in [4.69, 9.17) is 26.2 Å². The molecule has 15 heavy (non-hydrogen) atoms. The van der Waals surface area contributed by atoms with Gasteiger partial charge in [0.1, 0.15) is 6.10 Å². The standard InChI is InChI=1S/C11H13ClO3/c1-11(14-7-10(6-13)15-11)8-2-4-9(12)5-3-8/h2-5,10,13H,6-7H2,1H3/t10-,11-/m0/s1. The van der Waals surface area contributed by atoms with Gasteiger partial charge in [0.05, 0.1) is 13.2 Å². The van der Waals surface area contributed by atoms with E-state index in [9.17, 15) is 0 Å². The smallest absolute Gasteiger partial charge is 0.192 e. The molecule has 0 aliphatic carbocycles. The zero-order valence-corrected chi connectivity index (χ0v) is 9.20. The van der Waals surface area contributed by atoms with Gasteiger partial charge in [0.15, 0.2) is 5.79 Å². The Morgan fingerprint density at radius 2 is 2.13 bits per heavy atom. The lowest BCUT2D eigenvalue weighted by molar-refractivity contribution is -0.165. The highest BCUT2D eigenvalue weighted by atomic mass is 35.5. The number of hydrogen-bond acceptors (Lipinski definition) is 3. The quantitative estimate of drug-likeness (QED) is 0.841. The molecule has 1 N–H and O–H groups in total. The lowest BCUT2D eigenvalue weighted by atomic mass is 10.1. The van der Waals surface area contributed by atoms with Crippen molar-refractivity contribution < 1.29 is 14.6 Å². The minimum atomic E-state index is -0.766. The van der Waals surface area contributed by atoms with Crippen molar-refractivity contribution >= 4 is 11.6 Å². The van der Waals surface area contributed by atoms with Crippen molar-refractivity contribution in [1.29, 1.82) is 0 Å². The molecule has 1 heterocycles. The molecule has 0 saturated carbocycles. The predicted molar refractivity (Wildman–Crippen MR) is 56.7 cm³/mol. The summed E-state index contributed by atoms with van der Waals surface area (Å²) in [6.45, 7) is 2.23. The maximum absolute atomic E-state index is 8.96. The van der Waals surface area contributed by atoms with Crippen molar-refractivity contribution in [3.05, 3.63) is 34.9 Å². The first-order chi connectivity index (χ1) is 7.14. The molecule has 0 unspecified atom stereocenters. The van der Waals surface area contributed by atoms with Crippen molar-refractivity contribution in [2.75, 3.05) is 13.2 Å². The van der Waals surface area contributed by atoms with Crippen LogP contribution in [0.5, 0.6) is 0 Å². The van der Waals surface area contributed by atoms with E-state index in [1.807, 2.05) is 19.1 Å². The Morgan fingerprint density at radius 1 is 1.47 bits per heavy atom. The summed E-state index contributed by atoms with van der Waals surface area (Å²) < 4.78 is 11.2. The second-order valence-corrected chi connectivity index (χ2v) is 4.12. The van der Waals surface area contributed by atoms with Crippen molar-refractivity contribution in [2.45, 2.75) is 18.8 Å². The summed E-state index contributed by atoms with van der Waals surface area (Å²) >= 11 is 5.80. The predicted octanol–water partition coefficient (Wildman–Crippen LogP) is 1.92. The third-order valence-electron chi connectivity index (χ3n) is 2.51. The molecule has 1 aliphatic rings. The van der Waals surface area contributed by atoms with Gasteiger partial charge in [0.2, 0.25) is 0 Å². The van der Waals surface area contributed by atoms with Gasteiger partial charge >= 0.3 is 0 Å². The Kier molecular flexibility index (Phi) is 2.98. The molecule has 0 spiro atoms. The lowest BCUT2D eigenvalue weighted by Crippen LogP contribution is -2.24. The molecule has 0 aromatic heterocycles. The molecule has 3 nitrogen and oxygen atoms in total. The third-order valence-corrected chi connectivity index (χ3v) is 2.76. The van der Waals surface area contributed by atoms with Crippen molar-refractivity contribution in [3.63, 3.8) is 0 Å². The summed E-state index contributed by atoms with van der Waals surface area (Å²) in [7, 11) is 0. The SMILES string of the molecule is C[C@]1(c2ccc(Cl)cc2)OC[C@H](CO)O1. The van der Waals surface area contributed by atoms with Crippen molar-refractivity contribution in [3.8, 4) is 0 Å². The van der Waals surface area contributed by atoms with Gasteiger partial charge < -0.3 is 14.6 Å². The molecule has 1 aliphatic heterocycles. The second kappa shape index (κ2) is 4.10. The van der Waals surface area contributed by atoms with Crippen LogP contribution in [0.25, 0.3) is 0 Å². The van der Waals surface area contributed by atoms with Crippen LogP contribution in [-0.4, -0.2) is 24.4 Å². The van der Waals surface area contributed by atoms with Gasteiger partial charge in [0.25, 0.3) is 0 Å². The summed E-state index contributed by atoms with van der Waals surface area (Å²) in [5.74, 6) is -0.766.